The molecule has 0 bridgehead atoms. The minimum Gasteiger partial charge on any atom is -0.495 e. The van der Waals surface area contributed by atoms with Gasteiger partial charge in [0.25, 0.3) is 0 Å². The number of imidazole rings is 1. The summed E-state index contributed by atoms with van der Waals surface area (Å²) in [7, 11) is -2.45. The number of nitrogens with zero attached hydrogens (tertiary/aromatic N) is 3. The molecule has 0 aliphatic heterocycles. The predicted molar refractivity (Wildman–Crippen MR) is 126 cm³/mol. The lowest BCUT2D eigenvalue weighted by Crippen LogP contribution is -2.42. The molecule has 2 heterocycles. The van der Waals surface area contributed by atoms with Gasteiger partial charge in [0.2, 0.25) is 15.0 Å². The maximum atomic E-state index is 13.3. The Morgan fingerprint density at radius 2 is 1.97 bits per heavy atom. The summed E-state index contributed by atoms with van der Waals surface area (Å²) in [5.74, 6) is 0.239. The van der Waals surface area contributed by atoms with Gasteiger partial charge in [0.05, 0.1) is 24.1 Å². The molecular formula is C22H30N4O5S2. The Hall–Kier alpha value is -2.05. The van der Waals surface area contributed by atoms with E-state index in [0.29, 0.717) is 52.6 Å². The second-order valence-electron chi connectivity index (χ2n) is 9.46. The Morgan fingerprint density at radius 3 is 2.58 bits per heavy atom. The summed E-state index contributed by atoms with van der Waals surface area (Å²) in [6.07, 6.45) is 2.21. The molecule has 33 heavy (non-hydrogen) atoms. The summed E-state index contributed by atoms with van der Waals surface area (Å²) in [6, 6.07) is 4.71. The van der Waals surface area contributed by atoms with Crippen molar-refractivity contribution >= 4 is 26.3 Å². The third-order valence-electron chi connectivity index (χ3n) is 6.01. The first-order valence-electron chi connectivity index (χ1n) is 10.8. The van der Waals surface area contributed by atoms with Crippen molar-refractivity contribution in [2.75, 3.05) is 7.11 Å². The van der Waals surface area contributed by atoms with Gasteiger partial charge in [-0.25, -0.2) is 22.6 Å². The molecule has 3 aromatic rings. The van der Waals surface area contributed by atoms with Gasteiger partial charge in [-0.2, -0.15) is 5.10 Å². The third kappa shape index (κ3) is 4.78. The van der Waals surface area contributed by atoms with Crippen LogP contribution in [0.2, 0.25) is 0 Å². The van der Waals surface area contributed by atoms with Crippen molar-refractivity contribution in [3.63, 3.8) is 0 Å². The molecule has 1 saturated carbocycles. The number of methoxy groups -OCH3 is 1. The van der Waals surface area contributed by atoms with E-state index in [9.17, 15) is 18.6 Å². The van der Waals surface area contributed by atoms with Gasteiger partial charge >= 0.3 is 0 Å². The largest absolute Gasteiger partial charge is 0.495 e. The van der Waals surface area contributed by atoms with Crippen molar-refractivity contribution < 1.29 is 23.4 Å². The zero-order valence-corrected chi connectivity index (χ0v) is 21.0. The molecule has 4 rings (SSSR count). The van der Waals surface area contributed by atoms with E-state index in [0.717, 1.165) is 0 Å². The first kappa shape index (κ1) is 24.1. The van der Waals surface area contributed by atoms with Crippen LogP contribution in [-0.4, -0.2) is 52.0 Å². The molecule has 1 aliphatic carbocycles. The summed E-state index contributed by atoms with van der Waals surface area (Å²) >= 11 is 1.29. The molecule has 0 radical (unpaired) electrons. The van der Waals surface area contributed by atoms with E-state index in [1.807, 2.05) is 6.92 Å². The van der Waals surface area contributed by atoms with Crippen molar-refractivity contribution in [1.29, 1.82) is 0 Å². The SMILES string of the molecule is COc1ccc(-c2c(C)nc3sc(C(C)(C)O)nn23)cc1S(=O)(=O)N[C@H]1CC[C@](C)(O)CC1. The minimum atomic E-state index is -3.88. The van der Waals surface area contributed by atoms with Crippen LogP contribution in [0.4, 0.5) is 0 Å². The van der Waals surface area contributed by atoms with Crippen LogP contribution >= 0.6 is 11.3 Å². The number of aromatic nitrogens is 3. The van der Waals surface area contributed by atoms with Gasteiger partial charge in [-0.1, -0.05) is 11.3 Å². The average molecular weight is 495 g/mol. The lowest BCUT2D eigenvalue weighted by atomic mass is 9.84. The topological polar surface area (TPSA) is 126 Å². The second kappa shape index (κ2) is 8.31. The molecular weight excluding hydrogens is 464 g/mol. The minimum absolute atomic E-state index is 0.0344. The lowest BCUT2D eigenvalue weighted by Gasteiger charge is -2.33. The van der Waals surface area contributed by atoms with Gasteiger partial charge in [-0.15, -0.1) is 0 Å². The van der Waals surface area contributed by atoms with Gasteiger partial charge in [0.15, 0.2) is 0 Å². The van der Waals surface area contributed by atoms with Crippen molar-refractivity contribution in [1.82, 2.24) is 19.3 Å². The molecule has 0 saturated heterocycles. The molecule has 0 spiro atoms. The highest BCUT2D eigenvalue weighted by Crippen LogP contribution is 2.35. The van der Waals surface area contributed by atoms with Crippen LogP contribution in [0, 0.1) is 6.92 Å². The Balaban J connectivity index is 1.73. The van der Waals surface area contributed by atoms with Crippen LogP contribution in [0.15, 0.2) is 23.1 Å². The van der Waals surface area contributed by atoms with Crippen molar-refractivity contribution in [3.8, 4) is 17.0 Å². The summed E-state index contributed by atoms with van der Waals surface area (Å²) < 4.78 is 36.4. The van der Waals surface area contributed by atoms with E-state index in [1.165, 1.54) is 18.4 Å². The molecule has 1 fully saturated rings. The monoisotopic (exact) mass is 494 g/mol. The Morgan fingerprint density at radius 1 is 1.30 bits per heavy atom. The number of aryl methyl sites for hydroxylation is 1. The number of hydrogen-bond acceptors (Lipinski definition) is 8. The van der Waals surface area contributed by atoms with Gasteiger partial charge in [0, 0.05) is 11.6 Å². The Bertz CT molecular complexity index is 1280. The normalized spacial score (nSPS) is 22.1. The highest BCUT2D eigenvalue weighted by atomic mass is 32.2. The number of nitrogens with one attached hydrogen (secondary N) is 1. The number of hydrogen-bond donors (Lipinski definition) is 3. The maximum Gasteiger partial charge on any atom is 0.244 e. The van der Waals surface area contributed by atoms with Crippen LogP contribution < -0.4 is 9.46 Å². The first-order chi connectivity index (χ1) is 15.3. The van der Waals surface area contributed by atoms with Gasteiger partial charge in [-0.3, -0.25) is 0 Å². The van der Waals surface area contributed by atoms with Crippen LogP contribution in [0.5, 0.6) is 5.75 Å². The standard InChI is InChI=1S/C22H30N4O5S2/c1-13-18(26-20(23-13)32-19(24-26)21(2,3)27)14-6-7-16(31-5)17(12-14)33(29,30)25-15-8-10-22(4,28)11-9-15/h6-7,12,15,25,27-28H,8-11H2,1-5H3/t15-,22-. The highest BCUT2D eigenvalue weighted by Gasteiger charge is 2.32. The molecule has 1 aliphatic rings. The highest BCUT2D eigenvalue weighted by molar-refractivity contribution is 7.89. The number of aliphatic hydroxyl groups is 2. The zero-order chi connectivity index (χ0) is 24.2. The van der Waals surface area contributed by atoms with Gasteiger partial charge in [0.1, 0.15) is 21.3 Å². The molecule has 0 unspecified atom stereocenters. The van der Waals surface area contributed by atoms with Crippen molar-refractivity contribution in [3.05, 3.63) is 28.9 Å². The fourth-order valence-corrected chi connectivity index (χ4v) is 6.55. The lowest BCUT2D eigenvalue weighted by molar-refractivity contribution is 0.0163. The molecule has 0 amide bonds. The fraction of sp³-hybridized carbons (Fsp3) is 0.545. The fourth-order valence-electron chi connectivity index (χ4n) is 4.10. The summed E-state index contributed by atoms with van der Waals surface area (Å²) in [5, 5.41) is 25.5. The summed E-state index contributed by atoms with van der Waals surface area (Å²) in [5.41, 5.74) is 0.122. The average Bonchev–Trinajstić information content (AvgIpc) is 3.26. The smallest absolute Gasteiger partial charge is 0.244 e. The number of fused-ring (bicyclic) bond motifs is 1. The van der Waals surface area contributed by atoms with E-state index < -0.39 is 21.2 Å². The second-order valence-corrected chi connectivity index (χ2v) is 12.1. The van der Waals surface area contributed by atoms with Gasteiger partial charge in [-0.05, 0) is 71.6 Å². The predicted octanol–water partition coefficient (Wildman–Crippen LogP) is 2.97. The van der Waals surface area contributed by atoms with Crippen LogP contribution in [0.3, 0.4) is 0 Å². The molecule has 9 nitrogen and oxygen atoms in total. The number of rotatable bonds is 6. The summed E-state index contributed by atoms with van der Waals surface area (Å²) in [4.78, 5) is 5.21. The van der Waals surface area contributed by atoms with Gasteiger partial charge < -0.3 is 14.9 Å². The molecule has 2 aromatic heterocycles. The van der Waals surface area contributed by atoms with E-state index in [2.05, 4.69) is 14.8 Å². The van der Waals surface area contributed by atoms with Crippen molar-refractivity contribution in [2.24, 2.45) is 0 Å². The summed E-state index contributed by atoms with van der Waals surface area (Å²) in [6.45, 7) is 6.93. The quantitative estimate of drug-likeness (QED) is 0.481. The van der Waals surface area contributed by atoms with Crippen LogP contribution in [0.25, 0.3) is 16.2 Å². The Kier molecular flexibility index (Phi) is 6.07. The van der Waals surface area contributed by atoms with E-state index in [-0.39, 0.29) is 16.7 Å². The van der Waals surface area contributed by atoms with Crippen LogP contribution in [0.1, 0.15) is 57.2 Å². The third-order valence-corrected chi connectivity index (χ3v) is 8.78. The number of benzene rings is 1. The molecule has 3 N–H and O–H groups in total. The van der Waals surface area contributed by atoms with E-state index in [4.69, 9.17) is 4.74 Å². The molecule has 1 aromatic carbocycles. The van der Waals surface area contributed by atoms with Crippen molar-refractivity contribution in [2.45, 2.75) is 75.5 Å². The molecule has 180 valence electrons. The Labute approximate surface area is 197 Å². The number of ether oxygens (including phenoxy) is 1. The molecule has 11 heteroatoms. The zero-order valence-electron chi connectivity index (χ0n) is 19.4. The van der Waals surface area contributed by atoms with Crippen LogP contribution in [-0.2, 0) is 15.6 Å². The number of sulfonamides is 1. The van der Waals surface area contributed by atoms with E-state index >= 15 is 0 Å². The maximum absolute atomic E-state index is 13.3. The molecule has 0 atom stereocenters. The van der Waals surface area contributed by atoms with E-state index in [1.54, 1.807) is 43.5 Å². The first-order valence-corrected chi connectivity index (χ1v) is 13.1.